The highest BCUT2D eigenvalue weighted by Crippen LogP contribution is 2.27. The van der Waals surface area contributed by atoms with Crippen LogP contribution in [-0.2, 0) is 0 Å². The van der Waals surface area contributed by atoms with Gasteiger partial charge in [0.05, 0.1) is 11.9 Å². The molecule has 1 amide bonds. The number of fused-ring (bicyclic) bond motifs is 1. The molecule has 196 valence electrons. The number of amides is 1. The van der Waals surface area contributed by atoms with E-state index in [1.807, 2.05) is 51.4 Å². The molecule has 0 aliphatic heterocycles. The molecule has 3 aromatic heterocycles. The maximum atomic E-state index is 13.6. The molecule has 0 unspecified atom stereocenters. The quantitative estimate of drug-likeness (QED) is 0.227. The van der Waals surface area contributed by atoms with E-state index in [4.69, 9.17) is 0 Å². The summed E-state index contributed by atoms with van der Waals surface area (Å²) in [5.74, 6) is 6.37. The van der Waals surface area contributed by atoms with Gasteiger partial charge in [0.15, 0.2) is 16.5 Å². The molecule has 0 radical (unpaired) electrons. The van der Waals surface area contributed by atoms with E-state index >= 15 is 0 Å². The van der Waals surface area contributed by atoms with Crippen molar-refractivity contribution in [2.75, 3.05) is 31.7 Å². The Balaban J connectivity index is 1.41. The molecule has 5 aromatic rings. The first-order valence-corrected chi connectivity index (χ1v) is 13.2. The molecule has 8 nitrogen and oxygen atoms in total. The largest absolute Gasteiger partial charge is 0.332 e. The topological polar surface area (TPSA) is 91.2 Å². The number of hydrogen-bond acceptors (Lipinski definition) is 6. The number of carbonyl (C=O) groups is 1. The predicted octanol–water partition coefficient (Wildman–Crippen LogP) is 4.87. The first-order chi connectivity index (χ1) is 18.9. The van der Waals surface area contributed by atoms with E-state index in [2.05, 4.69) is 42.1 Å². The highest BCUT2D eigenvalue weighted by atomic mass is 32.2. The Hall–Kier alpha value is -4.46. The molecule has 0 saturated carbocycles. The van der Waals surface area contributed by atoms with Crippen molar-refractivity contribution in [3.05, 3.63) is 95.3 Å². The number of imidazole rings is 2. The number of nitrogens with one attached hydrogen (secondary N) is 2. The summed E-state index contributed by atoms with van der Waals surface area (Å²) in [5, 5.41) is 7.86. The number of nitrogens with zero attached hydrogens (tertiary/aromatic N) is 5. The third kappa shape index (κ3) is 6.17. The number of aryl methyl sites for hydroxylation is 1. The van der Waals surface area contributed by atoms with Gasteiger partial charge >= 0.3 is 0 Å². The van der Waals surface area contributed by atoms with E-state index in [0.29, 0.717) is 27.8 Å². The molecule has 0 aliphatic rings. The summed E-state index contributed by atoms with van der Waals surface area (Å²) in [5.41, 5.74) is 5.14. The second kappa shape index (κ2) is 11.5. The van der Waals surface area contributed by atoms with E-state index in [-0.39, 0.29) is 17.4 Å². The van der Waals surface area contributed by atoms with E-state index in [1.54, 1.807) is 29.0 Å². The van der Waals surface area contributed by atoms with Gasteiger partial charge in [0.25, 0.3) is 5.91 Å². The van der Waals surface area contributed by atoms with Crippen molar-refractivity contribution < 1.29 is 9.18 Å². The van der Waals surface area contributed by atoms with Gasteiger partial charge in [-0.25, -0.2) is 18.9 Å². The fraction of sp³-hybridized carbons (Fsp3) is 0.172. The molecule has 0 fully saturated rings. The predicted molar refractivity (Wildman–Crippen MR) is 151 cm³/mol. The van der Waals surface area contributed by atoms with Crippen LogP contribution in [0, 0.1) is 24.6 Å². The molecule has 2 N–H and O–H groups in total. The Kier molecular flexibility index (Phi) is 7.72. The lowest BCUT2D eigenvalue weighted by Gasteiger charge is -2.07. The van der Waals surface area contributed by atoms with Crippen molar-refractivity contribution in [1.29, 1.82) is 0 Å². The van der Waals surface area contributed by atoms with Gasteiger partial charge in [-0.3, -0.25) is 4.79 Å². The zero-order valence-corrected chi connectivity index (χ0v) is 22.5. The average Bonchev–Trinajstić information content (AvgIpc) is 3.54. The molecular weight excluding hydrogens is 513 g/mol. The third-order valence-electron chi connectivity index (χ3n) is 5.91. The Bertz CT molecular complexity index is 1700. The number of carbonyl (C=O) groups excluding carboxylic acids is 1. The minimum atomic E-state index is -0.376. The zero-order chi connectivity index (χ0) is 27.4. The van der Waals surface area contributed by atoms with Gasteiger partial charge < -0.3 is 15.2 Å². The second-order valence-electron chi connectivity index (χ2n) is 9.10. The summed E-state index contributed by atoms with van der Waals surface area (Å²) in [6, 6.07) is 15.2. The Morgan fingerprint density at radius 1 is 1.15 bits per heavy atom. The zero-order valence-electron chi connectivity index (χ0n) is 21.7. The summed E-state index contributed by atoms with van der Waals surface area (Å²) in [7, 11) is 4.00. The Morgan fingerprint density at radius 3 is 2.77 bits per heavy atom. The van der Waals surface area contributed by atoms with Crippen LogP contribution in [0.1, 0.15) is 27.3 Å². The smallest absolute Gasteiger partial charge is 0.276 e. The monoisotopic (exact) mass is 539 g/mol. The lowest BCUT2D eigenvalue weighted by atomic mass is 10.1. The number of H-pyrrole nitrogens is 1. The van der Waals surface area contributed by atoms with E-state index in [9.17, 15) is 9.18 Å². The number of aromatic nitrogens is 5. The summed E-state index contributed by atoms with van der Waals surface area (Å²) in [4.78, 5) is 27.6. The van der Waals surface area contributed by atoms with E-state index < -0.39 is 0 Å². The van der Waals surface area contributed by atoms with E-state index in [0.717, 1.165) is 29.1 Å². The minimum Gasteiger partial charge on any atom is -0.332 e. The minimum absolute atomic E-state index is 0.235. The van der Waals surface area contributed by atoms with Crippen LogP contribution in [0.25, 0.3) is 16.9 Å². The van der Waals surface area contributed by atoms with Crippen LogP contribution in [0.2, 0.25) is 0 Å². The van der Waals surface area contributed by atoms with Crippen LogP contribution in [0.3, 0.4) is 0 Å². The molecule has 0 aliphatic carbocycles. The first kappa shape index (κ1) is 26.2. The fourth-order valence-corrected chi connectivity index (χ4v) is 4.79. The van der Waals surface area contributed by atoms with Crippen LogP contribution in [-0.4, -0.2) is 61.8 Å². The number of hydrogen-bond donors (Lipinski definition) is 2. The number of anilines is 1. The van der Waals surface area contributed by atoms with Crippen molar-refractivity contribution in [2.45, 2.75) is 12.1 Å². The highest BCUT2D eigenvalue weighted by Gasteiger charge is 2.20. The van der Waals surface area contributed by atoms with Crippen molar-refractivity contribution in [1.82, 2.24) is 29.5 Å². The second-order valence-corrected chi connectivity index (χ2v) is 10.2. The molecule has 0 atom stereocenters. The normalized spacial score (nSPS) is 11.0. The van der Waals surface area contributed by atoms with Gasteiger partial charge in [-0.1, -0.05) is 23.7 Å². The summed E-state index contributed by atoms with van der Waals surface area (Å²) >= 11 is 1.52. The van der Waals surface area contributed by atoms with Gasteiger partial charge in [-0.05, 0) is 81.0 Å². The molecule has 2 aromatic carbocycles. The van der Waals surface area contributed by atoms with Crippen LogP contribution >= 0.6 is 11.8 Å². The number of halogens is 1. The van der Waals surface area contributed by atoms with Crippen molar-refractivity contribution in [3.63, 3.8) is 0 Å². The number of aromatic amines is 1. The SMILES string of the molecule is Cc1ccc(NC(=O)c2nc(SCCN(C)C)[nH]c2-c2ccc(F)cc2)cc1C#Cc1cnc2cccnn12. The van der Waals surface area contributed by atoms with Gasteiger partial charge in [-0.15, -0.1) is 0 Å². The number of rotatable bonds is 7. The molecule has 0 saturated heterocycles. The summed E-state index contributed by atoms with van der Waals surface area (Å²) in [6.07, 6.45) is 3.36. The van der Waals surface area contributed by atoms with Crippen LogP contribution in [0.5, 0.6) is 0 Å². The van der Waals surface area contributed by atoms with Gasteiger partial charge in [-0.2, -0.15) is 5.10 Å². The molecule has 0 bridgehead atoms. The molecule has 39 heavy (non-hydrogen) atoms. The van der Waals surface area contributed by atoms with Crippen LogP contribution in [0.4, 0.5) is 10.1 Å². The lowest BCUT2D eigenvalue weighted by Crippen LogP contribution is -2.15. The summed E-state index contributed by atoms with van der Waals surface area (Å²) in [6.45, 7) is 2.82. The number of benzene rings is 2. The average molecular weight is 540 g/mol. The van der Waals surface area contributed by atoms with Gasteiger partial charge in [0.2, 0.25) is 0 Å². The molecule has 10 heteroatoms. The Morgan fingerprint density at radius 2 is 1.97 bits per heavy atom. The van der Waals surface area contributed by atoms with Gasteiger partial charge in [0, 0.05) is 35.3 Å². The lowest BCUT2D eigenvalue weighted by molar-refractivity contribution is 0.102. The standard InChI is InChI=1S/C29H26FN7OS/c1-19-6-12-23(17-21(19)9-13-24-18-31-25-5-4-14-32-37(24)25)33-28(38)27-26(20-7-10-22(30)11-8-20)34-29(35-27)39-16-15-36(2)3/h4-8,10-12,14,17-18H,15-16H2,1-3H3,(H,33,38)(H,34,35). The van der Waals surface area contributed by atoms with Gasteiger partial charge in [0.1, 0.15) is 11.5 Å². The third-order valence-corrected chi connectivity index (χ3v) is 6.76. The van der Waals surface area contributed by atoms with Crippen LogP contribution < -0.4 is 5.32 Å². The van der Waals surface area contributed by atoms with Crippen LogP contribution in [0.15, 0.2) is 72.1 Å². The summed E-state index contributed by atoms with van der Waals surface area (Å²) < 4.78 is 15.2. The fourth-order valence-electron chi connectivity index (χ4n) is 3.81. The van der Waals surface area contributed by atoms with Crippen molar-refractivity contribution in [2.24, 2.45) is 0 Å². The first-order valence-electron chi connectivity index (χ1n) is 12.2. The maximum Gasteiger partial charge on any atom is 0.276 e. The number of thioether (sulfide) groups is 1. The highest BCUT2D eigenvalue weighted by molar-refractivity contribution is 7.99. The van der Waals surface area contributed by atoms with Crippen molar-refractivity contribution in [3.8, 4) is 23.1 Å². The molecule has 5 rings (SSSR count). The Labute approximate surface area is 229 Å². The maximum absolute atomic E-state index is 13.6. The molecule has 3 heterocycles. The van der Waals surface area contributed by atoms with Crippen molar-refractivity contribution >= 4 is 29.0 Å². The molecule has 0 spiro atoms. The molecular formula is C29H26FN7OS. The van der Waals surface area contributed by atoms with E-state index in [1.165, 1.54) is 23.9 Å².